The minimum absolute atomic E-state index is 0.0898. The van der Waals surface area contributed by atoms with Crippen molar-refractivity contribution < 1.29 is 8.78 Å². The molecule has 0 aliphatic rings. The standard InChI is InChI=1S/C16H11ClF2N2/c1-10-6-13(18)16(14(19)7-10)15-8-20-9-21(15)12-4-2-11(17)3-5-12/h2-9H,1H3. The molecule has 0 saturated carbocycles. The van der Waals surface area contributed by atoms with Crippen LogP contribution in [0.25, 0.3) is 16.9 Å². The van der Waals surface area contributed by atoms with Crippen molar-refractivity contribution in [1.29, 1.82) is 0 Å². The summed E-state index contributed by atoms with van der Waals surface area (Å²) in [6.45, 7) is 1.65. The first-order chi connectivity index (χ1) is 10.1. The molecule has 106 valence electrons. The van der Waals surface area contributed by atoms with Gasteiger partial charge in [-0.25, -0.2) is 13.8 Å². The highest BCUT2D eigenvalue weighted by molar-refractivity contribution is 6.30. The molecule has 0 radical (unpaired) electrons. The van der Waals surface area contributed by atoms with Crippen LogP contribution in [0.5, 0.6) is 0 Å². The van der Waals surface area contributed by atoms with E-state index in [0.717, 1.165) is 5.69 Å². The van der Waals surface area contributed by atoms with E-state index in [1.165, 1.54) is 24.7 Å². The van der Waals surface area contributed by atoms with Crippen LogP contribution in [0, 0.1) is 18.6 Å². The van der Waals surface area contributed by atoms with Crippen molar-refractivity contribution in [3.05, 3.63) is 71.1 Å². The summed E-state index contributed by atoms with van der Waals surface area (Å²) in [7, 11) is 0. The van der Waals surface area contributed by atoms with Gasteiger partial charge in [-0.1, -0.05) is 11.6 Å². The minimum Gasteiger partial charge on any atom is -0.299 e. The summed E-state index contributed by atoms with van der Waals surface area (Å²) >= 11 is 5.85. The van der Waals surface area contributed by atoms with E-state index in [2.05, 4.69) is 4.98 Å². The van der Waals surface area contributed by atoms with E-state index >= 15 is 0 Å². The zero-order valence-electron chi connectivity index (χ0n) is 11.1. The topological polar surface area (TPSA) is 17.8 Å². The molecule has 0 atom stereocenters. The molecule has 3 aromatic rings. The average Bonchev–Trinajstić information content (AvgIpc) is 2.87. The third-order valence-electron chi connectivity index (χ3n) is 3.19. The van der Waals surface area contributed by atoms with Crippen molar-refractivity contribution in [3.63, 3.8) is 0 Å². The lowest BCUT2D eigenvalue weighted by Gasteiger charge is -2.10. The summed E-state index contributed by atoms with van der Waals surface area (Å²) in [4.78, 5) is 4.00. The van der Waals surface area contributed by atoms with E-state index in [1.54, 1.807) is 35.8 Å². The van der Waals surface area contributed by atoms with Crippen LogP contribution in [-0.4, -0.2) is 9.55 Å². The lowest BCUT2D eigenvalue weighted by molar-refractivity contribution is 0.586. The Morgan fingerprint density at radius 3 is 2.29 bits per heavy atom. The summed E-state index contributed by atoms with van der Waals surface area (Å²) in [5.74, 6) is -1.22. The van der Waals surface area contributed by atoms with Crippen LogP contribution >= 0.6 is 11.6 Å². The monoisotopic (exact) mass is 304 g/mol. The number of aromatic nitrogens is 2. The Labute approximate surface area is 125 Å². The summed E-state index contributed by atoms with van der Waals surface area (Å²) < 4.78 is 29.9. The molecule has 5 heteroatoms. The van der Waals surface area contributed by atoms with E-state index in [0.29, 0.717) is 16.3 Å². The van der Waals surface area contributed by atoms with E-state index in [1.807, 2.05) is 0 Å². The van der Waals surface area contributed by atoms with Crippen LogP contribution in [0.2, 0.25) is 5.02 Å². The molecule has 21 heavy (non-hydrogen) atoms. The van der Waals surface area contributed by atoms with Gasteiger partial charge >= 0.3 is 0 Å². The van der Waals surface area contributed by atoms with Crippen LogP contribution < -0.4 is 0 Å². The Hall–Kier alpha value is -2.20. The summed E-state index contributed by atoms with van der Waals surface area (Å²) in [5.41, 5.74) is 1.53. The number of rotatable bonds is 2. The first kappa shape index (κ1) is 13.8. The Morgan fingerprint density at radius 2 is 1.67 bits per heavy atom. The Kier molecular flexibility index (Phi) is 3.47. The molecular formula is C16H11ClF2N2. The average molecular weight is 305 g/mol. The van der Waals surface area contributed by atoms with Gasteiger partial charge in [0, 0.05) is 10.7 Å². The van der Waals surface area contributed by atoms with E-state index in [4.69, 9.17) is 11.6 Å². The highest BCUT2D eigenvalue weighted by atomic mass is 35.5. The van der Waals surface area contributed by atoms with Gasteiger partial charge in [0.1, 0.15) is 11.6 Å². The molecule has 0 unspecified atom stereocenters. The first-order valence-corrected chi connectivity index (χ1v) is 6.68. The number of aryl methyl sites for hydroxylation is 1. The molecule has 0 amide bonds. The molecule has 0 spiro atoms. The van der Waals surface area contributed by atoms with E-state index in [-0.39, 0.29) is 5.56 Å². The fourth-order valence-corrected chi connectivity index (χ4v) is 2.36. The van der Waals surface area contributed by atoms with Gasteiger partial charge in [0.15, 0.2) is 0 Å². The maximum absolute atomic E-state index is 14.1. The van der Waals surface area contributed by atoms with Gasteiger partial charge in [0.05, 0.1) is 23.8 Å². The normalized spacial score (nSPS) is 10.9. The smallest absolute Gasteiger partial charge is 0.135 e. The van der Waals surface area contributed by atoms with E-state index < -0.39 is 11.6 Å². The fraction of sp³-hybridized carbons (Fsp3) is 0.0625. The highest BCUT2D eigenvalue weighted by Gasteiger charge is 2.17. The number of imidazole rings is 1. The van der Waals surface area contributed by atoms with Gasteiger partial charge in [-0.05, 0) is 48.9 Å². The molecule has 0 bridgehead atoms. The molecule has 0 saturated heterocycles. The highest BCUT2D eigenvalue weighted by Crippen LogP contribution is 2.29. The van der Waals surface area contributed by atoms with Crippen LogP contribution in [0.15, 0.2) is 48.9 Å². The molecule has 1 heterocycles. The van der Waals surface area contributed by atoms with Crippen LogP contribution in [0.3, 0.4) is 0 Å². The predicted molar refractivity (Wildman–Crippen MR) is 78.7 cm³/mol. The summed E-state index contributed by atoms with van der Waals surface area (Å²) in [5, 5.41) is 0.591. The molecule has 2 aromatic carbocycles. The first-order valence-electron chi connectivity index (χ1n) is 6.30. The van der Waals surface area contributed by atoms with Crippen molar-refractivity contribution in [3.8, 4) is 16.9 Å². The van der Waals surface area contributed by atoms with Gasteiger partial charge in [0.2, 0.25) is 0 Å². The quantitative estimate of drug-likeness (QED) is 0.666. The molecule has 1 aromatic heterocycles. The van der Waals surface area contributed by atoms with Crippen molar-refractivity contribution in [1.82, 2.24) is 9.55 Å². The SMILES string of the molecule is Cc1cc(F)c(-c2cncn2-c2ccc(Cl)cc2)c(F)c1. The molecule has 0 aliphatic carbocycles. The number of benzene rings is 2. The molecule has 2 nitrogen and oxygen atoms in total. The number of nitrogens with zero attached hydrogens (tertiary/aromatic N) is 2. The molecule has 0 aliphatic heterocycles. The van der Waals surface area contributed by atoms with Gasteiger partial charge in [-0.2, -0.15) is 0 Å². The van der Waals surface area contributed by atoms with Gasteiger partial charge < -0.3 is 0 Å². The van der Waals surface area contributed by atoms with Gasteiger partial charge in [0.25, 0.3) is 0 Å². The molecule has 0 N–H and O–H groups in total. The summed E-state index contributed by atoms with van der Waals surface area (Å²) in [6.07, 6.45) is 2.95. The van der Waals surface area contributed by atoms with Crippen molar-refractivity contribution in [2.45, 2.75) is 6.92 Å². The third-order valence-corrected chi connectivity index (χ3v) is 3.44. The number of hydrogen-bond donors (Lipinski definition) is 0. The minimum atomic E-state index is -0.608. The van der Waals surface area contributed by atoms with Crippen molar-refractivity contribution in [2.24, 2.45) is 0 Å². The lowest BCUT2D eigenvalue weighted by Crippen LogP contribution is -1.99. The van der Waals surface area contributed by atoms with Gasteiger partial charge in [-0.15, -0.1) is 0 Å². The zero-order valence-corrected chi connectivity index (χ0v) is 11.9. The van der Waals surface area contributed by atoms with Gasteiger partial charge in [-0.3, -0.25) is 4.57 Å². The molecule has 0 fully saturated rings. The Bertz CT molecular complexity index is 771. The molecule has 3 rings (SSSR count). The largest absolute Gasteiger partial charge is 0.299 e. The number of halogens is 3. The summed E-state index contributed by atoms with van der Waals surface area (Å²) in [6, 6.07) is 9.55. The Morgan fingerprint density at radius 1 is 1.05 bits per heavy atom. The van der Waals surface area contributed by atoms with Crippen LogP contribution in [0.4, 0.5) is 8.78 Å². The Balaban J connectivity index is 2.18. The van der Waals surface area contributed by atoms with E-state index in [9.17, 15) is 8.78 Å². The maximum Gasteiger partial charge on any atom is 0.135 e. The third kappa shape index (κ3) is 2.54. The molecular weight excluding hydrogens is 294 g/mol. The van der Waals surface area contributed by atoms with Crippen molar-refractivity contribution >= 4 is 11.6 Å². The zero-order chi connectivity index (χ0) is 15.0. The predicted octanol–water partition coefficient (Wildman–Crippen LogP) is 4.78. The fourth-order valence-electron chi connectivity index (χ4n) is 2.23. The van der Waals surface area contributed by atoms with Crippen LogP contribution in [-0.2, 0) is 0 Å². The van der Waals surface area contributed by atoms with Crippen LogP contribution in [0.1, 0.15) is 5.56 Å². The maximum atomic E-state index is 14.1. The lowest BCUT2D eigenvalue weighted by atomic mass is 10.1. The second-order valence-electron chi connectivity index (χ2n) is 4.73. The number of hydrogen-bond acceptors (Lipinski definition) is 1. The second-order valence-corrected chi connectivity index (χ2v) is 5.17. The second kappa shape index (κ2) is 5.30. The van der Waals surface area contributed by atoms with Crippen molar-refractivity contribution in [2.75, 3.05) is 0 Å².